The van der Waals surface area contributed by atoms with E-state index in [-0.39, 0.29) is 17.2 Å². The zero-order valence-corrected chi connectivity index (χ0v) is 14.8. The van der Waals surface area contributed by atoms with Gasteiger partial charge in [0, 0.05) is 32.4 Å². The van der Waals surface area contributed by atoms with Crippen molar-refractivity contribution in [3.63, 3.8) is 0 Å². The van der Waals surface area contributed by atoms with Gasteiger partial charge in [-0.3, -0.25) is 14.3 Å². The molecule has 1 saturated heterocycles. The second-order valence-corrected chi connectivity index (χ2v) is 6.88. The first-order valence-corrected chi connectivity index (χ1v) is 8.68. The number of piperidine rings is 1. The van der Waals surface area contributed by atoms with Crippen molar-refractivity contribution in [2.75, 3.05) is 13.1 Å². The molecule has 6 heteroatoms. The molecule has 6 nitrogen and oxygen atoms in total. The number of rotatable bonds is 4. The van der Waals surface area contributed by atoms with Gasteiger partial charge in [0.2, 0.25) is 0 Å². The fourth-order valence-electron chi connectivity index (χ4n) is 3.58. The van der Waals surface area contributed by atoms with Crippen molar-refractivity contribution in [3.05, 3.63) is 68.5 Å². The van der Waals surface area contributed by atoms with Crippen LogP contribution in [0.2, 0.25) is 0 Å². The highest BCUT2D eigenvalue weighted by Gasteiger charge is 2.26. The molecule has 2 aromatic rings. The molecule has 0 amide bonds. The highest BCUT2D eigenvalue weighted by molar-refractivity contribution is 5.18. The number of aliphatic hydroxyl groups excluding tert-OH is 1. The molecule has 0 radical (unpaired) electrons. The molecule has 1 unspecified atom stereocenters. The molecule has 1 N–H and O–H groups in total. The van der Waals surface area contributed by atoms with Crippen LogP contribution in [0.5, 0.6) is 0 Å². The topological polar surface area (TPSA) is 67.5 Å². The third-order valence-electron chi connectivity index (χ3n) is 5.13. The predicted molar refractivity (Wildman–Crippen MR) is 96.3 cm³/mol. The number of aryl methyl sites for hydroxylation is 1. The maximum Gasteiger partial charge on any atom is 0.330 e. The first-order valence-electron chi connectivity index (χ1n) is 8.68. The quantitative estimate of drug-likeness (QED) is 0.900. The second kappa shape index (κ2) is 7.37. The Labute approximate surface area is 147 Å². The van der Waals surface area contributed by atoms with Crippen molar-refractivity contribution in [1.29, 1.82) is 0 Å². The molecule has 1 aliphatic rings. The van der Waals surface area contributed by atoms with E-state index >= 15 is 0 Å². The lowest BCUT2D eigenvalue weighted by molar-refractivity contribution is 0.0565. The lowest BCUT2D eigenvalue weighted by Crippen LogP contribution is -2.41. The molecule has 2 heterocycles. The third-order valence-corrected chi connectivity index (χ3v) is 5.13. The minimum atomic E-state index is -0.436. The van der Waals surface area contributed by atoms with Crippen LogP contribution in [0.3, 0.4) is 0 Å². The highest BCUT2D eigenvalue weighted by Crippen LogP contribution is 2.30. The van der Waals surface area contributed by atoms with Gasteiger partial charge in [0.05, 0.1) is 6.10 Å². The summed E-state index contributed by atoms with van der Waals surface area (Å²) in [7, 11) is 3.17. The number of benzene rings is 1. The molecule has 134 valence electrons. The molecule has 1 fully saturated rings. The Bertz CT molecular complexity index is 833. The van der Waals surface area contributed by atoms with Crippen molar-refractivity contribution in [2.45, 2.75) is 25.5 Å². The molecular formula is C19H25N3O3. The largest absolute Gasteiger partial charge is 0.388 e. The van der Waals surface area contributed by atoms with E-state index in [1.165, 1.54) is 11.6 Å². The minimum Gasteiger partial charge on any atom is -0.388 e. The molecule has 3 rings (SSSR count). The summed E-state index contributed by atoms with van der Waals surface area (Å²) in [4.78, 5) is 26.2. The molecule has 0 saturated carbocycles. The van der Waals surface area contributed by atoms with Crippen LogP contribution in [0, 0.1) is 5.92 Å². The number of aliphatic hydroxyl groups is 1. The lowest BCUT2D eigenvalue weighted by atomic mass is 9.87. The monoisotopic (exact) mass is 343 g/mol. The summed E-state index contributed by atoms with van der Waals surface area (Å²) >= 11 is 0. The normalized spacial score (nSPS) is 17.6. The number of nitrogens with zero attached hydrogens (tertiary/aromatic N) is 3. The van der Waals surface area contributed by atoms with E-state index in [0.717, 1.165) is 36.1 Å². The van der Waals surface area contributed by atoms with Crippen molar-refractivity contribution in [1.82, 2.24) is 14.0 Å². The van der Waals surface area contributed by atoms with E-state index in [2.05, 4.69) is 4.90 Å². The number of hydrogen-bond acceptors (Lipinski definition) is 4. The van der Waals surface area contributed by atoms with Gasteiger partial charge in [-0.15, -0.1) is 0 Å². The van der Waals surface area contributed by atoms with Crippen LogP contribution in [-0.2, 0) is 20.6 Å². The summed E-state index contributed by atoms with van der Waals surface area (Å²) < 4.78 is 2.60. The van der Waals surface area contributed by atoms with Crippen molar-refractivity contribution in [2.24, 2.45) is 20.0 Å². The van der Waals surface area contributed by atoms with Gasteiger partial charge in [-0.2, -0.15) is 0 Å². The fourth-order valence-corrected chi connectivity index (χ4v) is 3.58. The van der Waals surface area contributed by atoms with E-state index in [0.29, 0.717) is 12.1 Å². The maximum absolute atomic E-state index is 12.3. The summed E-state index contributed by atoms with van der Waals surface area (Å²) in [6.07, 6.45) is 2.98. The smallest absolute Gasteiger partial charge is 0.330 e. The Kier molecular flexibility index (Phi) is 5.20. The molecule has 1 aromatic carbocycles. The molecular weight excluding hydrogens is 318 g/mol. The Hall–Kier alpha value is -2.18. The fraction of sp³-hybridized carbons (Fsp3) is 0.474. The van der Waals surface area contributed by atoms with Gasteiger partial charge in [0.15, 0.2) is 0 Å². The van der Waals surface area contributed by atoms with Gasteiger partial charge in [-0.05, 0) is 37.4 Å². The zero-order valence-electron chi connectivity index (χ0n) is 14.8. The minimum absolute atomic E-state index is 0.227. The van der Waals surface area contributed by atoms with Gasteiger partial charge >= 0.3 is 5.69 Å². The summed E-state index contributed by atoms with van der Waals surface area (Å²) in [6.45, 7) is 2.20. The predicted octanol–water partition coefficient (Wildman–Crippen LogP) is 1.03. The average molecular weight is 343 g/mol. The average Bonchev–Trinajstić information content (AvgIpc) is 2.65. The summed E-state index contributed by atoms with van der Waals surface area (Å²) in [6, 6.07) is 9.77. The first-order chi connectivity index (χ1) is 12.0. The van der Waals surface area contributed by atoms with Crippen LogP contribution in [0.15, 0.2) is 46.1 Å². The third kappa shape index (κ3) is 3.75. The number of aromatic nitrogens is 2. The first kappa shape index (κ1) is 17.6. The Balaban J connectivity index is 1.64. The van der Waals surface area contributed by atoms with E-state index in [4.69, 9.17) is 0 Å². The summed E-state index contributed by atoms with van der Waals surface area (Å²) in [5.74, 6) is 0.238. The molecule has 1 aliphatic heterocycles. The summed E-state index contributed by atoms with van der Waals surface area (Å²) in [5, 5.41) is 10.6. The molecule has 1 aromatic heterocycles. The molecule has 0 spiro atoms. The number of likely N-dealkylation sites (tertiary alicyclic amines) is 1. The molecule has 0 aliphatic carbocycles. The van der Waals surface area contributed by atoms with Gasteiger partial charge in [-0.25, -0.2) is 4.79 Å². The summed E-state index contributed by atoms with van der Waals surface area (Å²) in [5.41, 5.74) is 1.06. The van der Waals surface area contributed by atoms with Crippen molar-refractivity contribution < 1.29 is 5.11 Å². The van der Waals surface area contributed by atoms with Crippen LogP contribution in [-0.4, -0.2) is 32.2 Å². The highest BCUT2D eigenvalue weighted by atomic mass is 16.3. The van der Waals surface area contributed by atoms with Gasteiger partial charge in [-0.1, -0.05) is 30.3 Å². The van der Waals surface area contributed by atoms with Crippen molar-refractivity contribution >= 4 is 0 Å². The molecule has 0 bridgehead atoms. The van der Waals surface area contributed by atoms with E-state index in [9.17, 15) is 14.7 Å². The van der Waals surface area contributed by atoms with Crippen LogP contribution in [0.1, 0.15) is 30.1 Å². The Morgan fingerprint density at radius 3 is 2.40 bits per heavy atom. The Morgan fingerprint density at radius 1 is 1.12 bits per heavy atom. The van der Waals surface area contributed by atoms with Crippen LogP contribution < -0.4 is 11.2 Å². The SMILES string of the molecule is Cn1cc(CN2CCC(C(O)c3ccccc3)CC2)c(=O)n(C)c1=O. The van der Waals surface area contributed by atoms with Crippen LogP contribution in [0.25, 0.3) is 0 Å². The van der Waals surface area contributed by atoms with Gasteiger partial charge in [0.25, 0.3) is 5.56 Å². The van der Waals surface area contributed by atoms with Gasteiger partial charge in [0.1, 0.15) is 0 Å². The van der Waals surface area contributed by atoms with E-state index in [1.54, 1.807) is 13.2 Å². The maximum atomic E-state index is 12.3. The Morgan fingerprint density at radius 2 is 1.76 bits per heavy atom. The van der Waals surface area contributed by atoms with Crippen molar-refractivity contribution in [3.8, 4) is 0 Å². The van der Waals surface area contributed by atoms with E-state index < -0.39 is 6.10 Å². The van der Waals surface area contributed by atoms with Crippen LogP contribution in [0.4, 0.5) is 0 Å². The zero-order chi connectivity index (χ0) is 18.0. The lowest BCUT2D eigenvalue weighted by Gasteiger charge is -2.34. The molecule has 1 atom stereocenters. The number of hydrogen-bond donors (Lipinski definition) is 1. The van der Waals surface area contributed by atoms with Gasteiger partial charge < -0.3 is 9.67 Å². The molecule has 25 heavy (non-hydrogen) atoms. The van der Waals surface area contributed by atoms with Crippen LogP contribution >= 0.6 is 0 Å². The second-order valence-electron chi connectivity index (χ2n) is 6.88. The van der Waals surface area contributed by atoms with E-state index in [1.807, 2.05) is 30.3 Å². The standard InChI is InChI=1S/C19H25N3O3/c1-20-12-16(18(24)21(2)19(20)25)13-22-10-8-15(9-11-22)17(23)14-6-4-3-5-7-14/h3-7,12,15,17,23H,8-11,13H2,1-2H3.